The number of fused-ring (bicyclic) bond motifs is 5. The molecule has 83 heavy (non-hydrogen) atoms. The SMILES string of the molecule is Cc1c(F)cc2nc3c(c4c2c1CC[C@@H]4NC(=O)[C@H](C)OCNC(=O)CNC(=O)[C@H](Cc1ccccc1)NC(=O)CNC(=O)CNC(=O)C1(CCC#Cc2cnc(S(C)(=O)=O)nc2)CC1)Cn1c-3cc2c(c1=O)COC(=O)[C@]2(O)CC1CC1. The summed E-state index contributed by atoms with van der Waals surface area (Å²) in [5, 5.41) is 27.9. The number of halogens is 1. The van der Waals surface area contributed by atoms with Gasteiger partial charge in [0, 0.05) is 54.1 Å². The van der Waals surface area contributed by atoms with Crippen LogP contribution in [0.3, 0.4) is 0 Å². The zero-order valence-corrected chi connectivity index (χ0v) is 46.6. The van der Waals surface area contributed by atoms with Crippen molar-refractivity contribution in [3.63, 3.8) is 0 Å². The first-order chi connectivity index (χ1) is 39.6. The standard InChI is InChI=1S/C58H61FN10O13S/c1-31-36-14-15-41(49-37-28-69-44(50(37)67-42(48(36)49)21-40(31)59)20-39-38(53(69)75)29-81-55(77)58(39,78)22-34-12-13-34)68-51(73)32(2)82-30-65-46(71)25-61-52(74)43(19-33-9-5-4-6-10-33)66-47(72)27-60-45(70)26-62-54(76)57(17-18-57)16-8-7-11-35-23-63-56(64-24-35)83(3,79)80/h4-6,9-10,20-21,23-24,32,34,41,43,78H,8,12-19,22,25-30H2,1-3H3,(H,60,70)(H,61,74)(H,62,76)(H,65,71)(H,66,72)(H,68,73)/t32-,41-,43-,58-/m0/s1. The lowest BCUT2D eigenvalue weighted by atomic mass is 9.81. The molecule has 2 aromatic carbocycles. The molecule has 7 N–H and O–H groups in total. The number of carbonyl (C=O) groups is 7. The molecule has 5 aliphatic rings. The molecule has 23 nitrogen and oxygen atoms in total. The summed E-state index contributed by atoms with van der Waals surface area (Å²) < 4.78 is 51.3. The smallest absolute Gasteiger partial charge is 0.343 e. The average molecular weight is 1160 g/mol. The van der Waals surface area contributed by atoms with Crippen molar-refractivity contribution in [2.24, 2.45) is 11.3 Å². The van der Waals surface area contributed by atoms with Gasteiger partial charge in [-0.25, -0.2) is 32.6 Å². The first kappa shape index (κ1) is 57.8. The number of benzene rings is 2. The van der Waals surface area contributed by atoms with Crippen LogP contribution in [0.1, 0.15) is 109 Å². The van der Waals surface area contributed by atoms with Gasteiger partial charge in [0.2, 0.25) is 50.4 Å². The Bertz CT molecular complexity index is 3750. The number of cyclic esters (lactones) is 1. The predicted octanol–water partition coefficient (Wildman–Crippen LogP) is 1.38. The number of rotatable bonds is 21. The number of nitrogens with one attached hydrogen (secondary N) is 6. The van der Waals surface area contributed by atoms with Gasteiger partial charge in [-0.15, -0.1) is 0 Å². The van der Waals surface area contributed by atoms with Crippen LogP contribution in [0.2, 0.25) is 0 Å². The van der Waals surface area contributed by atoms with Crippen molar-refractivity contribution in [1.29, 1.82) is 0 Å². The number of nitrogens with zero attached hydrogens (tertiary/aromatic N) is 4. The van der Waals surface area contributed by atoms with E-state index in [9.17, 15) is 51.9 Å². The van der Waals surface area contributed by atoms with Crippen LogP contribution in [-0.4, -0.2) is 119 Å². The van der Waals surface area contributed by atoms with Gasteiger partial charge < -0.3 is 51.0 Å². The highest BCUT2D eigenvalue weighted by molar-refractivity contribution is 7.90. The zero-order valence-electron chi connectivity index (χ0n) is 45.7. The van der Waals surface area contributed by atoms with E-state index in [1.165, 1.54) is 30.0 Å². The molecule has 25 heteroatoms. The molecule has 10 rings (SSSR count). The number of aliphatic hydroxyl groups is 1. The number of sulfone groups is 1. The summed E-state index contributed by atoms with van der Waals surface area (Å²) in [7, 11) is -3.55. The molecule has 434 valence electrons. The van der Waals surface area contributed by atoms with E-state index in [2.05, 4.69) is 53.7 Å². The molecular formula is C58H61FN10O13S. The van der Waals surface area contributed by atoms with Crippen molar-refractivity contribution in [2.75, 3.05) is 32.6 Å². The summed E-state index contributed by atoms with van der Waals surface area (Å²) in [6.45, 7) is 1.01. The zero-order chi connectivity index (χ0) is 59.0. The van der Waals surface area contributed by atoms with Gasteiger partial charge in [-0.1, -0.05) is 55.0 Å². The lowest BCUT2D eigenvalue weighted by molar-refractivity contribution is -0.173. The molecule has 0 radical (unpaired) electrons. The topological polar surface area (TPSA) is 325 Å². The maximum atomic E-state index is 15.5. The maximum absolute atomic E-state index is 15.5. The Labute approximate surface area is 475 Å². The average Bonchev–Trinajstić information content (AvgIpc) is 2.96. The minimum atomic E-state index is -3.55. The molecule has 2 saturated carbocycles. The second-order valence-electron chi connectivity index (χ2n) is 21.9. The van der Waals surface area contributed by atoms with Gasteiger partial charge in [0.25, 0.3) is 5.56 Å². The highest BCUT2D eigenvalue weighted by Gasteiger charge is 2.51. The van der Waals surface area contributed by atoms with Gasteiger partial charge in [0.1, 0.15) is 31.3 Å². The van der Waals surface area contributed by atoms with Crippen LogP contribution in [0, 0.1) is 35.9 Å². The fourth-order valence-electron chi connectivity index (χ4n) is 10.9. The van der Waals surface area contributed by atoms with Crippen molar-refractivity contribution in [1.82, 2.24) is 51.4 Å². The third-order valence-corrected chi connectivity index (χ3v) is 16.8. The first-order valence-corrected chi connectivity index (χ1v) is 29.2. The summed E-state index contributed by atoms with van der Waals surface area (Å²) in [4.78, 5) is 119. The Morgan fingerprint density at radius 1 is 0.916 bits per heavy atom. The highest BCUT2D eigenvalue weighted by atomic mass is 32.2. The molecule has 6 amide bonds. The van der Waals surface area contributed by atoms with Crippen LogP contribution < -0.4 is 37.5 Å². The monoisotopic (exact) mass is 1160 g/mol. The molecule has 3 aromatic heterocycles. The van der Waals surface area contributed by atoms with Crippen molar-refractivity contribution in [2.45, 2.75) is 120 Å². The lowest BCUT2D eigenvalue weighted by Crippen LogP contribution is -2.52. The van der Waals surface area contributed by atoms with E-state index >= 15 is 4.39 Å². The normalized spacial score (nSPS) is 18.6. The molecule has 0 unspecified atom stereocenters. The van der Waals surface area contributed by atoms with Gasteiger partial charge in [0.05, 0.1) is 65.7 Å². The maximum Gasteiger partial charge on any atom is 0.343 e. The van der Waals surface area contributed by atoms with Crippen LogP contribution in [-0.2, 0) is 84.5 Å². The number of ether oxygens (including phenoxy) is 2. The summed E-state index contributed by atoms with van der Waals surface area (Å²) in [5.41, 5.74) is 1.77. The number of esters is 1. The van der Waals surface area contributed by atoms with Gasteiger partial charge in [-0.05, 0) is 86.6 Å². The minimum Gasteiger partial charge on any atom is -0.458 e. The molecule has 0 spiro atoms. The molecule has 4 atom stereocenters. The fraction of sp³-hybridized carbons (Fsp3) is 0.431. The van der Waals surface area contributed by atoms with Crippen LogP contribution >= 0.6 is 0 Å². The number of aromatic nitrogens is 4. The van der Waals surface area contributed by atoms with Gasteiger partial charge in [-0.2, -0.15) is 0 Å². The summed E-state index contributed by atoms with van der Waals surface area (Å²) in [6.07, 6.45) is 7.03. The van der Waals surface area contributed by atoms with Crippen molar-refractivity contribution in [3.8, 4) is 23.2 Å². The third kappa shape index (κ3) is 12.5. The Morgan fingerprint density at radius 2 is 1.63 bits per heavy atom. The van der Waals surface area contributed by atoms with E-state index < -0.39 is 112 Å². The van der Waals surface area contributed by atoms with E-state index in [1.54, 1.807) is 43.3 Å². The van der Waals surface area contributed by atoms with E-state index in [4.69, 9.17) is 14.5 Å². The predicted molar refractivity (Wildman–Crippen MR) is 293 cm³/mol. The summed E-state index contributed by atoms with van der Waals surface area (Å²) >= 11 is 0. The second-order valence-corrected chi connectivity index (χ2v) is 23.8. The van der Waals surface area contributed by atoms with Crippen LogP contribution in [0.15, 0.2) is 64.8 Å². The molecule has 5 heterocycles. The molecule has 0 saturated heterocycles. The molecule has 0 bridgehead atoms. The highest BCUT2D eigenvalue weighted by Crippen LogP contribution is 2.50. The minimum absolute atomic E-state index is 0.0297. The molecule has 2 fully saturated rings. The lowest BCUT2D eigenvalue weighted by Gasteiger charge is -2.32. The van der Waals surface area contributed by atoms with E-state index in [1.807, 2.05) is 0 Å². The van der Waals surface area contributed by atoms with E-state index in [0.717, 1.165) is 24.7 Å². The van der Waals surface area contributed by atoms with E-state index in [-0.39, 0.29) is 54.1 Å². The second kappa shape index (κ2) is 23.4. The number of aryl methyl sites for hydroxylation is 1. The van der Waals surface area contributed by atoms with Gasteiger partial charge >= 0.3 is 5.97 Å². The largest absolute Gasteiger partial charge is 0.458 e. The number of carbonyl (C=O) groups excluding carboxylic acids is 7. The van der Waals surface area contributed by atoms with Gasteiger partial charge in [-0.3, -0.25) is 33.6 Å². The quantitative estimate of drug-likeness (QED) is 0.0232. The van der Waals surface area contributed by atoms with Gasteiger partial charge in [0.15, 0.2) is 5.60 Å². The van der Waals surface area contributed by atoms with Crippen molar-refractivity contribution >= 4 is 62.2 Å². The Hall–Kier alpha value is -8.47. The Balaban J connectivity index is 0.705. The Morgan fingerprint density at radius 3 is 2.34 bits per heavy atom. The molecule has 5 aromatic rings. The van der Waals surface area contributed by atoms with Crippen molar-refractivity contribution in [3.05, 3.63) is 116 Å². The number of amides is 6. The first-order valence-electron chi connectivity index (χ1n) is 27.3. The molecule has 3 aliphatic carbocycles. The van der Waals surface area contributed by atoms with Crippen LogP contribution in [0.5, 0.6) is 0 Å². The fourth-order valence-corrected chi connectivity index (χ4v) is 11.4. The van der Waals surface area contributed by atoms with E-state index in [0.29, 0.717) is 88.6 Å². The van der Waals surface area contributed by atoms with Crippen LogP contribution in [0.25, 0.3) is 22.3 Å². The summed E-state index contributed by atoms with van der Waals surface area (Å²) in [5.74, 6) is 0.971. The van der Waals surface area contributed by atoms with Crippen molar-refractivity contribution < 1.29 is 61.0 Å². The number of pyridine rings is 2. The number of hydrogen-bond acceptors (Lipinski definition) is 16. The third-order valence-electron chi connectivity index (χ3n) is 15.9. The number of hydrogen-bond donors (Lipinski definition) is 7. The molecule has 2 aliphatic heterocycles. The van der Waals surface area contributed by atoms with Crippen LogP contribution in [0.4, 0.5) is 4.39 Å². The summed E-state index contributed by atoms with van der Waals surface area (Å²) in [6, 6.07) is 9.90. The Kier molecular flexibility index (Phi) is 16.3. The molecular weight excluding hydrogens is 1100 g/mol.